The summed E-state index contributed by atoms with van der Waals surface area (Å²) in [7, 11) is -3.24. The van der Waals surface area contributed by atoms with Gasteiger partial charge in [-0.2, -0.15) is 0 Å². The van der Waals surface area contributed by atoms with Crippen molar-refractivity contribution in [2.75, 3.05) is 19.8 Å². The summed E-state index contributed by atoms with van der Waals surface area (Å²) in [6.07, 6.45) is 46.9. The molecule has 10 heteroatoms. The highest BCUT2D eigenvalue weighted by Crippen LogP contribution is 2.23. The molecule has 0 aliphatic carbocycles. The van der Waals surface area contributed by atoms with Crippen LogP contribution in [0.15, 0.2) is 42.5 Å². The lowest BCUT2D eigenvalue weighted by Gasteiger charge is -2.31. The Kier molecular flexibility index (Phi) is 39.8. The number of rotatable bonds is 52. The molecule has 0 spiro atoms. The number of aliphatic carboxylic acids is 3. The molecule has 0 aliphatic rings. The van der Waals surface area contributed by atoms with Gasteiger partial charge in [-0.1, -0.05) is 254 Å². The highest BCUT2D eigenvalue weighted by atomic mass is 28.4. The van der Waals surface area contributed by atoms with Gasteiger partial charge >= 0.3 is 26.7 Å². The maximum absolute atomic E-state index is 10.7. The second-order valence-electron chi connectivity index (χ2n) is 19.8. The normalized spacial score (nSPS) is 11.8. The smallest absolute Gasteiger partial charge is 0.481 e. The Balaban J connectivity index is 1.83. The Hall–Kier alpha value is -2.79. The van der Waals surface area contributed by atoms with Crippen LogP contribution in [0.1, 0.15) is 270 Å². The SMILES string of the molecule is O=C(O)CCCCCCCCCCCCCCCO[Si](OCCCCCCCCCCCCCCCC(=O)O)(OCCCCCCCCCCCCCCCC(=O)O)c1cccc2ccccc12. The summed E-state index contributed by atoms with van der Waals surface area (Å²) < 4.78 is 21.1. The second-order valence-corrected chi connectivity index (χ2v) is 22.4. The Morgan fingerprint density at radius 1 is 0.309 bits per heavy atom. The molecule has 2 aromatic carbocycles. The number of unbranched alkanes of at least 4 members (excludes halogenated alkanes) is 36. The fraction of sp³-hybridized carbons (Fsp3) is 0.776. The Labute approximate surface area is 416 Å². The summed E-state index contributed by atoms with van der Waals surface area (Å²) in [6.45, 7) is 1.95. The Bertz CT molecular complexity index is 1380. The van der Waals surface area contributed by atoms with E-state index in [4.69, 9.17) is 28.6 Å². The van der Waals surface area contributed by atoms with Crippen molar-refractivity contribution < 1.29 is 43.0 Å². The van der Waals surface area contributed by atoms with Gasteiger partial charge in [0.05, 0.1) is 0 Å². The fourth-order valence-electron chi connectivity index (χ4n) is 9.44. The standard InChI is InChI=1S/C58H100O9Si/c59-56(60)47-34-28-22-16-10-4-1-7-13-19-25-31-39-50-65-68(55-46-42-44-53-43-37-38-45-54(53)55,66-51-40-32-26-20-14-8-2-5-11-17-23-29-35-48-57(61)62)67-52-41-33-27-21-15-9-3-6-12-18-24-30-36-49-58(63)64/h37-38,42-46H,1-36,39-41,47-52H2,(H,59,60)(H,61,62)(H,63,64). The average Bonchev–Trinajstić information content (AvgIpc) is 3.32. The molecule has 0 bridgehead atoms. The lowest BCUT2D eigenvalue weighted by atomic mass is 10.0. The lowest BCUT2D eigenvalue weighted by Crippen LogP contribution is -2.57. The first-order chi connectivity index (χ1) is 33.3. The van der Waals surface area contributed by atoms with Gasteiger partial charge in [0, 0.05) is 44.3 Å². The first-order valence-electron chi connectivity index (χ1n) is 28.4. The molecule has 0 amide bonds. The van der Waals surface area contributed by atoms with Crippen LogP contribution >= 0.6 is 0 Å². The van der Waals surface area contributed by atoms with Gasteiger partial charge in [0.15, 0.2) is 0 Å². The van der Waals surface area contributed by atoms with Gasteiger partial charge in [-0.25, -0.2) is 0 Å². The quantitative estimate of drug-likeness (QED) is 0.0437. The van der Waals surface area contributed by atoms with Crippen molar-refractivity contribution in [2.45, 2.75) is 270 Å². The molecular weight excluding hydrogens is 869 g/mol. The van der Waals surface area contributed by atoms with Gasteiger partial charge in [0.1, 0.15) is 0 Å². The molecule has 0 heterocycles. The van der Waals surface area contributed by atoms with E-state index >= 15 is 0 Å². The predicted octanol–water partition coefficient (Wildman–Crippen LogP) is 16.7. The molecule has 0 unspecified atom stereocenters. The molecule has 0 aliphatic heterocycles. The number of benzene rings is 2. The molecule has 9 nitrogen and oxygen atoms in total. The maximum atomic E-state index is 10.7. The maximum Gasteiger partial charge on any atom is 0.537 e. The third-order valence-electron chi connectivity index (χ3n) is 13.6. The van der Waals surface area contributed by atoms with E-state index in [0.717, 1.165) is 101 Å². The summed E-state index contributed by atoms with van der Waals surface area (Å²) in [5.41, 5.74) is 0. The van der Waals surface area contributed by atoms with E-state index in [0.29, 0.717) is 39.1 Å². The topological polar surface area (TPSA) is 140 Å². The predicted molar refractivity (Wildman–Crippen MR) is 284 cm³/mol. The van der Waals surface area contributed by atoms with Crippen LogP contribution < -0.4 is 5.19 Å². The summed E-state index contributed by atoms with van der Waals surface area (Å²) in [4.78, 5) is 32.1. The van der Waals surface area contributed by atoms with E-state index in [1.54, 1.807) is 0 Å². The van der Waals surface area contributed by atoms with E-state index in [1.165, 1.54) is 165 Å². The zero-order valence-corrected chi connectivity index (χ0v) is 44.2. The van der Waals surface area contributed by atoms with Gasteiger partial charge in [-0.15, -0.1) is 0 Å². The second kappa shape index (κ2) is 44.2. The summed E-state index contributed by atoms with van der Waals surface area (Å²) in [5.74, 6) is -2.04. The first-order valence-corrected chi connectivity index (χ1v) is 30.1. The number of carboxylic acid groups (broad SMARTS) is 3. The van der Waals surface area contributed by atoms with E-state index in [2.05, 4.69) is 42.5 Å². The monoisotopic (exact) mass is 969 g/mol. The van der Waals surface area contributed by atoms with Crippen LogP contribution in [0, 0.1) is 0 Å². The number of fused-ring (bicyclic) bond motifs is 1. The van der Waals surface area contributed by atoms with Gasteiger partial charge in [0.2, 0.25) is 0 Å². The van der Waals surface area contributed by atoms with Crippen LogP contribution in [0.25, 0.3) is 10.8 Å². The van der Waals surface area contributed by atoms with E-state index in [9.17, 15) is 14.4 Å². The molecule has 0 saturated carbocycles. The zero-order valence-electron chi connectivity index (χ0n) is 43.2. The Morgan fingerprint density at radius 2 is 0.544 bits per heavy atom. The zero-order chi connectivity index (χ0) is 48.9. The van der Waals surface area contributed by atoms with Crippen LogP contribution in [0.2, 0.25) is 0 Å². The number of hydrogen-bond donors (Lipinski definition) is 3. The summed E-state index contributed by atoms with van der Waals surface area (Å²) >= 11 is 0. The minimum absolute atomic E-state index is 0.304. The number of carbonyl (C=O) groups is 3. The molecule has 390 valence electrons. The third-order valence-corrected chi connectivity index (χ3v) is 16.4. The van der Waals surface area contributed by atoms with Gasteiger partial charge in [0.25, 0.3) is 0 Å². The average molecular weight is 970 g/mol. The van der Waals surface area contributed by atoms with Crippen molar-refractivity contribution in [3.05, 3.63) is 42.5 Å². The van der Waals surface area contributed by atoms with Crippen molar-refractivity contribution in [3.8, 4) is 0 Å². The summed E-state index contributed by atoms with van der Waals surface area (Å²) in [5, 5.41) is 29.9. The molecule has 0 aromatic heterocycles. The molecule has 0 fully saturated rings. The van der Waals surface area contributed by atoms with Gasteiger partial charge in [-0.3, -0.25) is 14.4 Å². The van der Waals surface area contributed by atoms with Crippen LogP contribution in [0.3, 0.4) is 0 Å². The molecule has 2 rings (SSSR count). The lowest BCUT2D eigenvalue weighted by molar-refractivity contribution is -0.138. The van der Waals surface area contributed by atoms with Gasteiger partial charge in [-0.05, 0) is 49.3 Å². The third kappa shape index (κ3) is 34.5. The van der Waals surface area contributed by atoms with Crippen LogP contribution in [-0.2, 0) is 27.7 Å². The minimum atomic E-state index is -3.24. The molecule has 0 radical (unpaired) electrons. The van der Waals surface area contributed by atoms with Crippen molar-refractivity contribution >= 4 is 42.7 Å². The van der Waals surface area contributed by atoms with Crippen LogP contribution in [0.5, 0.6) is 0 Å². The van der Waals surface area contributed by atoms with Crippen molar-refractivity contribution in [1.29, 1.82) is 0 Å². The Morgan fingerprint density at radius 3 is 0.824 bits per heavy atom. The van der Waals surface area contributed by atoms with E-state index in [-0.39, 0.29) is 0 Å². The highest BCUT2D eigenvalue weighted by molar-refractivity contribution is 6.77. The van der Waals surface area contributed by atoms with Crippen LogP contribution in [-0.4, -0.2) is 61.9 Å². The van der Waals surface area contributed by atoms with Crippen LogP contribution in [0.4, 0.5) is 0 Å². The summed E-state index contributed by atoms with van der Waals surface area (Å²) in [6, 6.07) is 15.1. The van der Waals surface area contributed by atoms with Gasteiger partial charge < -0.3 is 28.6 Å². The first kappa shape index (κ1) is 61.3. The molecule has 68 heavy (non-hydrogen) atoms. The molecule has 0 atom stereocenters. The van der Waals surface area contributed by atoms with E-state index in [1.807, 2.05) is 0 Å². The van der Waals surface area contributed by atoms with Crippen molar-refractivity contribution in [2.24, 2.45) is 0 Å². The number of carboxylic acids is 3. The molecular formula is C58H100O9Si. The van der Waals surface area contributed by atoms with Crippen molar-refractivity contribution in [1.82, 2.24) is 0 Å². The highest BCUT2D eigenvalue weighted by Gasteiger charge is 2.45. The van der Waals surface area contributed by atoms with E-state index < -0.39 is 26.7 Å². The molecule has 0 saturated heterocycles. The molecule has 2 aromatic rings. The molecule has 3 N–H and O–H groups in total. The minimum Gasteiger partial charge on any atom is -0.481 e. The number of hydrogen-bond acceptors (Lipinski definition) is 6. The fourth-order valence-corrected chi connectivity index (χ4v) is 12.3. The van der Waals surface area contributed by atoms with Crippen molar-refractivity contribution in [3.63, 3.8) is 0 Å². The largest absolute Gasteiger partial charge is 0.537 e.